The maximum absolute atomic E-state index is 12.7. The van der Waals surface area contributed by atoms with E-state index in [4.69, 9.17) is 18.9 Å². The molecule has 1 aromatic rings. The second kappa shape index (κ2) is 8.26. The Kier molecular flexibility index (Phi) is 6.19. The monoisotopic (exact) mass is 434 g/mol. The third kappa shape index (κ3) is 4.20. The van der Waals surface area contributed by atoms with Crippen LogP contribution in [-0.2, 0) is 19.0 Å². The van der Waals surface area contributed by atoms with E-state index in [0.717, 1.165) is 0 Å². The van der Waals surface area contributed by atoms with Crippen LogP contribution in [0.4, 0.5) is 10.5 Å². The normalized spacial score (nSPS) is 24.5. The second-order valence-corrected chi connectivity index (χ2v) is 9.18. The molecule has 1 saturated heterocycles. The van der Waals surface area contributed by atoms with Crippen LogP contribution in [-0.4, -0.2) is 54.4 Å². The topological polar surface area (TPSA) is 91.3 Å². The van der Waals surface area contributed by atoms with Gasteiger partial charge < -0.3 is 24.1 Å². The molecule has 1 amide bonds. The Morgan fingerprint density at radius 3 is 2.55 bits per heavy atom. The van der Waals surface area contributed by atoms with Crippen LogP contribution >= 0.6 is 0 Å². The molecule has 2 atom stereocenters. The highest BCUT2D eigenvalue weighted by Crippen LogP contribution is 2.48. The van der Waals surface area contributed by atoms with Gasteiger partial charge in [0.25, 0.3) is 0 Å². The van der Waals surface area contributed by atoms with Crippen molar-refractivity contribution in [2.75, 3.05) is 19.8 Å². The first-order valence-corrected chi connectivity index (χ1v) is 10.5. The molecule has 0 spiro atoms. The number of nitrogens with zero attached hydrogens (tertiary/aromatic N) is 1. The van der Waals surface area contributed by atoms with Gasteiger partial charge in [0.2, 0.25) is 5.70 Å². The Hall–Kier alpha value is -2.42. The molecule has 0 radical (unpaired) electrons. The third-order valence-corrected chi connectivity index (χ3v) is 5.57. The van der Waals surface area contributed by atoms with Crippen molar-refractivity contribution < 1.29 is 33.6 Å². The van der Waals surface area contributed by atoms with E-state index in [1.807, 2.05) is 13.8 Å². The van der Waals surface area contributed by atoms with Gasteiger partial charge in [0.05, 0.1) is 25.9 Å². The summed E-state index contributed by atoms with van der Waals surface area (Å²) in [6.07, 6.45) is 1.09. The molecule has 2 aliphatic rings. The number of amides is 1. The second-order valence-electron chi connectivity index (χ2n) is 9.18. The molecule has 8 heteroatoms. The van der Waals surface area contributed by atoms with Crippen molar-refractivity contribution in [3.8, 4) is 5.75 Å². The van der Waals surface area contributed by atoms with Crippen molar-refractivity contribution in [1.82, 2.24) is 4.48 Å². The fourth-order valence-corrected chi connectivity index (χ4v) is 4.25. The van der Waals surface area contributed by atoms with E-state index >= 15 is 0 Å². The molecule has 1 fully saturated rings. The van der Waals surface area contributed by atoms with Crippen molar-refractivity contribution in [3.63, 3.8) is 0 Å². The summed E-state index contributed by atoms with van der Waals surface area (Å²) in [6.45, 7) is 11.9. The number of hydrogen-bond acceptors (Lipinski definition) is 6. The molecule has 170 valence electrons. The number of rotatable bonds is 6. The Morgan fingerprint density at radius 1 is 1.29 bits per heavy atom. The first-order chi connectivity index (χ1) is 14.4. The largest absolute Gasteiger partial charge is 0.524 e. The van der Waals surface area contributed by atoms with Gasteiger partial charge in [-0.15, -0.1) is 4.48 Å². The lowest BCUT2D eigenvalue weighted by Crippen LogP contribution is -2.64. The predicted molar refractivity (Wildman–Crippen MR) is 116 cm³/mol. The highest BCUT2D eigenvalue weighted by Gasteiger charge is 2.60. The molecule has 3 rings (SSSR count). The molecule has 0 aliphatic carbocycles. The zero-order chi connectivity index (χ0) is 23.0. The highest BCUT2D eigenvalue weighted by atomic mass is 16.7. The molecule has 31 heavy (non-hydrogen) atoms. The van der Waals surface area contributed by atoms with E-state index in [9.17, 15) is 14.7 Å². The van der Waals surface area contributed by atoms with E-state index in [-0.39, 0.29) is 18.4 Å². The number of quaternary nitrogens is 1. The van der Waals surface area contributed by atoms with Crippen molar-refractivity contribution in [2.24, 2.45) is 0 Å². The number of carbonyl (C=O) groups excluding carboxylic acids is 1. The van der Waals surface area contributed by atoms with Gasteiger partial charge in [-0.3, -0.25) is 0 Å². The van der Waals surface area contributed by atoms with Crippen LogP contribution < -0.4 is 9.22 Å². The molecule has 2 aliphatic heterocycles. The number of benzene rings is 1. The van der Waals surface area contributed by atoms with E-state index in [2.05, 4.69) is 0 Å². The van der Waals surface area contributed by atoms with E-state index in [1.54, 1.807) is 52.0 Å². The number of ether oxygens (including phenoxy) is 4. The smallest absolute Gasteiger partial charge is 0.493 e. The quantitative estimate of drug-likeness (QED) is 0.527. The predicted octanol–water partition coefficient (Wildman–Crippen LogP) is 4.31. The molecule has 0 bridgehead atoms. The number of esters is 1. The summed E-state index contributed by atoms with van der Waals surface area (Å²) in [5.74, 6) is -0.618. The molecule has 1 N–H and O–H groups in total. The van der Waals surface area contributed by atoms with Gasteiger partial charge in [0.15, 0.2) is 11.5 Å². The average molecular weight is 435 g/mol. The van der Waals surface area contributed by atoms with Crippen LogP contribution in [0.15, 0.2) is 23.9 Å². The molecule has 0 aromatic heterocycles. The Balaban J connectivity index is 1.86. The third-order valence-electron chi connectivity index (χ3n) is 5.57. The number of carbonyl (C=O) groups is 2. The number of fused-ring (bicyclic) bond motifs is 1. The Morgan fingerprint density at radius 2 is 2.00 bits per heavy atom. The van der Waals surface area contributed by atoms with Gasteiger partial charge in [0, 0.05) is 24.1 Å². The van der Waals surface area contributed by atoms with Crippen LogP contribution in [0.3, 0.4) is 0 Å². The van der Waals surface area contributed by atoms with E-state index < -0.39 is 27.9 Å². The first-order valence-electron chi connectivity index (χ1n) is 10.5. The zero-order valence-corrected chi connectivity index (χ0v) is 19.1. The Bertz CT molecular complexity index is 900. The lowest BCUT2D eigenvalue weighted by atomic mass is 9.99. The molecule has 1 aromatic carbocycles. The number of carboxylic acid groups (broad SMARTS) is 1. The van der Waals surface area contributed by atoms with Crippen LogP contribution in [0.5, 0.6) is 5.75 Å². The van der Waals surface area contributed by atoms with Crippen LogP contribution in [0.1, 0.15) is 53.5 Å². The van der Waals surface area contributed by atoms with Crippen LogP contribution in [0.25, 0.3) is 6.08 Å². The maximum Gasteiger partial charge on any atom is 0.524 e. The van der Waals surface area contributed by atoms with Gasteiger partial charge in [0.1, 0.15) is 11.3 Å². The summed E-state index contributed by atoms with van der Waals surface area (Å²) >= 11 is 0. The molecule has 0 saturated carbocycles. The minimum atomic E-state index is -1.14. The summed E-state index contributed by atoms with van der Waals surface area (Å²) in [4.78, 5) is 25.3. The summed E-state index contributed by atoms with van der Waals surface area (Å²) in [6, 6.07) is 5.21. The van der Waals surface area contributed by atoms with Gasteiger partial charge in [-0.1, -0.05) is 0 Å². The molecule has 1 unspecified atom stereocenters. The van der Waals surface area contributed by atoms with Gasteiger partial charge >= 0.3 is 12.1 Å². The lowest BCUT2D eigenvalue weighted by molar-refractivity contribution is -0.140. The summed E-state index contributed by atoms with van der Waals surface area (Å²) in [5, 5.41) is 10.3. The number of hydrogen-bond donors (Lipinski definition) is 1. The SMILES string of the molecule is CCOC(=O)C1=Cc2cc(OCC[C@H]3COC(C)(C)O3)ccc2[N+]1(C(=O)O)C(C)(C)C. The van der Waals surface area contributed by atoms with Gasteiger partial charge in [-0.2, -0.15) is 4.79 Å². The van der Waals surface area contributed by atoms with Crippen LogP contribution in [0.2, 0.25) is 0 Å². The van der Waals surface area contributed by atoms with Crippen molar-refractivity contribution in [1.29, 1.82) is 0 Å². The molecule has 8 nitrogen and oxygen atoms in total. The first kappa shape index (κ1) is 23.2. The van der Waals surface area contributed by atoms with Crippen molar-refractivity contribution in [3.05, 3.63) is 29.5 Å². The maximum atomic E-state index is 12.7. The minimum Gasteiger partial charge on any atom is -0.493 e. The average Bonchev–Trinajstić information content (AvgIpc) is 3.18. The van der Waals surface area contributed by atoms with Crippen LogP contribution in [0, 0.1) is 0 Å². The molecular formula is C23H32NO7+. The van der Waals surface area contributed by atoms with E-state index in [0.29, 0.717) is 36.6 Å². The Labute approximate surface area is 182 Å². The molecular weight excluding hydrogens is 402 g/mol. The highest BCUT2D eigenvalue weighted by molar-refractivity contribution is 6.08. The van der Waals surface area contributed by atoms with Crippen molar-refractivity contribution >= 4 is 23.8 Å². The fraction of sp³-hybridized carbons (Fsp3) is 0.565. The summed E-state index contributed by atoms with van der Waals surface area (Å²) < 4.78 is 21.8. The summed E-state index contributed by atoms with van der Waals surface area (Å²) in [7, 11) is 0. The molecule has 2 heterocycles. The van der Waals surface area contributed by atoms with Crippen molar-refractivity contribution in [2.45, 2.75) is 65.4 Å². The minimum absolute atomic E-state index is 0.0306. The summed E-state index contributed by atoms with van der Waals surface area (Å²) in [5.41, 5.74) is 0.377. The fourth-order valence-electron chi connectivity index (χ4n) is 4.25. The van der Waals surface area contributed by atoms with E-state index in [1.165, 1.54) is 0 Å². The van der Waals surface area contributed by atoms with Gasteiger partial charge in [-0.25, -0.2) is 4.79 Å². The standard InChI is InChI=1S/C23H31NO7/c1-7-28-20(25)19-13-15-12-16(29-11-10-17-14-30-23(5,6)31-17)8-9-18(15)24(19,21(26)27)22(2,3)4/h8-9,12-13,17H,7,10-11,14H2,1-6H3/p+1/t17-,24?/m0/s1. The zero-order valence-electron chi connectivity index (χ0n) is 19.1. The van der Waals surface area contributed by atoms with Gasteiger partial charge in [-0.05, 0) is 53.7 Å². The lowest BCUT2D eigenvalue weighted by Gasteiger charge is -2.40.